The maximum absolute atomic E-state index is 13.2. The van der Waals surface area contributed by atoms with Crippen molar-refractivity contribution in [2.24, 2.45) is 5.92 Å². The largest absolute Gasteiger partial charge is 0.384 e. The summed E-state index contributed by atoms with van der Waals surface area (Å²) in [5.41, 5.74) is 4.20. The van der Waals surface area contributed by atoms with E-state index in [0.717, 1.165) is 68.7 Å². The van der Waals surface area contributed by atoms with Crippen molar-refractivity contribution < 1.29 is 14.0 Å². The van der Waals surface area contributed by atoms with Crippen LogP contribution in [0.4, 0.5) is 20.6 Å². The summed E-state index contributed by atoms with van der Waals surface area (Å²) in [6.45, 7) is 2.84. The minimum atomic E-state index is -0.254. The number of nitrogens with zero attached hydrogens (tertiary/aromatic N) is 1. The molecule has 5 rings (SSSR count). The standard InChI is InChI=1S/C27H34FN5O2/c28-21-7-5-18(6-8-21)13-23-16-33(17-26(34)30-23)15-20-3-1-2-4-25(20)32-27(35)31-22-9-10-24-19(14-22)11-12-29-24/h5-10,14,20,23,25,29H,1-4,11-13,15-17H2,(H,30,34)(H2,31,32,35)/t20-,23-,25+/m0/s1. The SMILES string of the molecule is O=C1CN(C[C@@H]2CCCC[C@H]2NC(=O)Nc2ccc3c(c2)CCN3)C[C@H](Cc2ccc(F)cc2)N1. The highest BCUT2D eigenvalue weighted by molar-refractivity contribution is 5.90. The van der Waals surface area contributed by atoms with Gasteiger partial charge in [0.25, 0.3) is 0 Å². The van der Waals surface area contributed by atoms with Crippen LogP contribution in [0.2, 0.25) is 0 Å². The van der Waals surface area contributed by atoms with Crippen molar-refractivity contribution in [3.05, 3.63) is 59.4 Å². The van der Waals surface area contributed by atoms with Crippen molar-refractivity contribution in [2.45, 2.75) is 50.6 Å². The number of hydrogen-bond donors (Lipinski definition) is 4. The molecule has 0 radical (unpaired) electrons. The fraction of sp³-hybridized carbons (Fsp3) is 0.481. The number of nitrogens with one attached hydrogen (secondary N) is 4. The molecule has 3 atom stereocenters. The van der Waals surface area contributed by atoms with Crippen LogP contribution in [0.25, 0.3) is 0 Å². The molecule has 2 fully saturated rings. The van der Waals surface area contributed by atoms with Gasteiger partial charge < -0.3 is 21.3 Å². The van der Waals surface area contributed by atoms with Crippen LogP contribution in [0, 0.1) is 11.7 Å². The number of carbonyl (C=O) groups is 2. The number of rotatable bonds is 6. The second kappa shape index (κ2) is 10.6. The number of amides is 3. The maximum Gasteiger partial charge on any atom is 0.319 e. The Morgan fingerprint density at radius 3 is 2.80 bits per heavy atom. The predicted molar refractivity (Wildman–Crippen MR) is 135 cm³/mol. The van der Waals surface area contributed by atoms with Gasteiger partial charge in [-0.05, 0) is 73.1 Å². The highest BCUT2D eigenvalue weighted by Gasteiger charge is 2.32. The van der Waals surface area contributed by atoms with Gasteiger partial charge in [-0.25, -0.2) is 9.18 Å². The van der Waals surface area contributed by atoms with E-state index < -0.39 is 0 Å². The van der Waals surface area contributed by atoms with Crippen molar-refractivity contribution in [1.29, 1.82) is 0 Å². The number of fused-ring (bicyclic) bond motifs is 1. The molecule has 1 aliphatic carbocycles. The Bertz CT molecular complexity index is 1060. The highest BCUT2D eigenvalue weighted by Crippen LogP contribution is 2.27. The summed E-state index contributed by atoms with van der Waals surface area (Å²) in [7, 11) is 0. The van der Waals surface area contributed by atoms with Crippen molar-refractivity contribution in [2.75, 3.05) is 36.8 Å². The van der Waals surface area contributed by atoms with E-state index in [0.29, 0.717) is 18.9 Å². The van der Waals surface area contributed by atoms with Gasteiger partial charge in [0.15, 0.2) is 0 Å². The number of carbonyl (C=O) groups excluding carboxylic acids is 2. The Labute approximate surface area is 205 Å². The molecule has 1 saturated carbocycles. The lowest BCUT2D eigenvalue weighted by molar-refractivity contribution is -0.125. The molecule has 2 heterocycles. The average Bonchev–Trinajstić information content (AvgIpc) is 3.29. The van der Waals surface area contributed by atoms with Gasteiger partial charge in [0.05, 0.1) is 6.54 Å². The van der Waals surface area contributed by atoms with Gasteiger partial charge in [0.1, 0.15) is 5.82 Å². The van der Waals surface area contributed by atoms with Crippen LogP contribution in [0.15, 0.2) is 42.5 Å². The molecule has 2 aromatic rings. The third-order valence-electron chi connectivity index (χ3n) is 7.40. The van der Waals surface area contributed by atoms with Crippen LogP contribution in [0.5, 0.6) is 0 Å². The minimum absolute atomic E-state index is 0.00527. The number of piperazine rings is 1. The molecule has 0 unspecified atom stereocenters. The first-order valence-electron chi connectivity index (χ1n) is 12.7. The van der Waals surface area contributed by atoms with Gasteiger partial charge in [-0.2, -0.15) is 0 Å². The fourth-order valence-electron chi connectivity index (χ4n) is 5.72. The average molecular weight is 480 g/mol. The lowest BCUT2D eigenvalue weighted by atomic mass is 9.84. The number of halogens is 1. The number of anilines is 2. The molecule has 7 nitrogen and oxygen atoms in total. The molecule has 3 aliphatic rings. The predicted octanol–water partition coefficient (Wildman–Crippen LogP) is 3.52. The monoisotopic (exact) mass is 479 g/mol. The summed E-state index contributed by atoms with van der Waals surface area (Å²) in [5.74, 6) is 0.0692. The highest BCUT2D eigenvalue weighted by atomic mass is 19.1. The molecule has 0 spiro atoms. The summed E-state index contributed by atoms with van der Waals surface area (Å²) >= 11 is 0. The molecule has 0 aromatic heterocycles. The Balaban J connectivity index is 1.17. The molecule has 8 heteroatoms. The zero-order chi connectivity index (χ0) is 24.2. The summed E-state index contributed by atoms with van der Waals surface area (Å²) in [6, 6.07) is 12.4. The van der Waals surface area contributed by atoms with Crippen molar-refractivity contribution >= 4 is 23.3 Å². The second-order valence-electron chi connectivity index (χ2n) is 10.1. The third kappa shape index (κ3) is 6.11. The van der Waals surface area contributed by atoms with Gasteiger partial charge >= 0.3 is 6.03 Å². The summed E-state index contributed by atoms with van der Waals surface area (Å²) < 4.78 is 13.2. The number of urea groups is 1. The van der Waals surface area contributed by atoms with Crippen LogP contribution < -0.4 is 21.3 Å². The van der Waals surface area contributed by atoms with E-state index in [4.69, 9.17) is 0 Å². The maximum atomic E-state index is 13.2. The number of benzene rings is 2. The smallest absolute Gasteiger partial charge is 0.319 e. The molecular formula is C27H34FN5O2. The van der Waals surface area contributed by atoms with Crippen LogP contribution >= 0.6 is 0 Å². The first-order valence-corrected chi connectivity index (χ1v) is 12.7. The molecule has 0 bridgehead atoms. The van der Waals surface area contributed by atoms with Crippen molar-refractivity contribution in [3.63, 3.8) is 0 Å². The first kappa shape index (κ1) is 23.6. The van der Waals surface area contributed by atoms with Gasteiger partial charge in [0, 0.05) is 43.1 Å². The Hall–Kier alpha value is -3.13. The van der Waals surface area contributed by atoms with E-state index in [-0.39, 0.29) is 29.8 Å². The van der Waals surface area contributed by atoms with Gasteiger partial charge in [-0.15, -0.1) is 0 Å². The topological polar surface area (TPSA) is 85.5 Å². The zero-order valence-electron chi connectivity index (χ0n) is 20.0. The van der Waals surface area contributed by atoms with E-state index in [1.807, 2.05) is 18.2 Å². The third-order valence-corrected chi connectivity index (χ3v) is 7.40. The van der Waals surface area contributed by atoms with Gasteiger partial charge in [-0.1, -0.05) is 25.0 Å². The molecule has 186 valence electrons. The fourth-order valence-corrected chi connectivity index (χ4v) is 5.72. The van der Waals surface area contributed by atoms with Crippen LogP contribution in [0.1, 0.15) is 36.8 Å². The van der Waals surface area contributed by atoms with E-state index in [2.05, 4.69) is 26.2 Å². The molecule has 35 heavy (non-hydrogen) atoms. The van der Waals surface area contributed by atoms with E-state index >= 15 is 0 Å². The first-order chi connectivity index (χ1) is 17.0. The van der Waals surface area contributed by atoms with E-state index in [1.54, 1.807) is 12.1 Å². The Morgan fingerprint density at radius 2 is 1.94 bits per heavy atom. The normalized spacial score (nSPS) is 24.3. The number of hydrogen-bond acceptors (Lipinski definition) is 4. The van der Waals surface area contributed by atoms with Crippen molar-refractivity contribution in [1.82, 2.24) is 15.5 Å². The van der Waals surface area contributed by atoms with Gasteiger partial charge in [-0.3, -0.25) is 9.69 Å². The molecule has 4 N–H and O–H groups in total. The minimum Gasteiger partial charge on any atom is -0.384 e. The van der Waals surface area contributed by atoms with Crippen LogP contribution in [-0.4, -0.2) is 55.1 Å². The molecular weight excluding hydrogens is 445 g/mol. The quantitative estimate of drug-likeness (QED) is 0.511. The molecule has 2 aliphatic heterocycles. The molecule has 2 aromatic carbocycles. The lowest BCUT2D eigenvalue weighted by Gasteiger charge is -2.39. The lowest BCUT2D eigenvalue weighted by Crippen LogP contribution is -2.57. The molecule has 3 amide bonds. The van der Waals surface area contributed by atoms with E-state index in [1.165, 1.54) is 17.7 Å². The second-order valence-corrected chi connectivity index (χ2v) is 10.1. The van der Waals surface area contributed by atoms with E-state index in [9.17, 15) is 14.0 Å². The summed E-state index contributed by atoms with van der Waals surface area (Å²) in [6.07, 6.45) is 5.87. The zero-order valence-corrected chi connectivity index (χ0v) is 20.0. The summed E-state index contributed by atoms with van der Waals surface area (Å²) in [5, 5.41) is 12.6. The molecule has 1 saturated heterocycles. The Kier molecular flexibility index (Phi) is 7.18. The Morgan fingerprint density at radius 1 is 1.11 bits per heavy atom. The van der Waals surface area contributed by atoms with Crippen LogP contribution in [-0.2, 0) is 17.6 Å². The van der Waals surface area contributed by atoms with Crippen LogP contribution in [0.3, 0.4) is 0 Å². The van der Waals surface area contributed by atoms with Crippen molar-refractivity contribution in [3.8, 4) is 0 Å². The van der Waals surface area contributed by atoms with Gasteiger partial charge in [0.2, 0.25) is 5.91 Å². The summed E-state index contributed by atoms with van der Waals surface area (Å²) in [4.78, 5) is 27.4.